The van der Waals surface area contributed by atoms with Crippen LogP contribution in [-0.4, -0.2) is 32.0 Å². The molecule has 3 aromatic heterocycles. The van der Waals surface area contributed by atoms with Crippen LogP contribution >= 0.6 is 23.1 Å². The maximum Gasteiger partial charge on any atom is 0.237 e. The second kappa shape index (κ2) is 7.93. The molecule has 138 valence electrons. The number of thiophene rings is 1. The molecule has 0 aliphatic heterocycles. The van der Waals surface area contributed by atoms with Gasteiger partial charge >= 0.3 is 0 Å². The molecule has 0 aliphatic carbocycles. The number of benzene rings is 1. The fourth-order valence-corrected chi connectivity index (χ4v) is 4.07. The lowest BCUT2D eigenvalue weighted by Gasteiger charge is -2.07. The minimum Gasteiger partial charge on any atom is -0.497 e. The molecule has 0 spiro atoms. The number of rotatable bonds is 7. The van der Waals surface area contributed by atoms with Gasteiger partial charge in [-0.3, -0.25) is 0 Å². The van der Waals surface area contributed by atoms with Crippen LogP contribution in [0.25, 0.3) is 22.1 Å². The second-order valence-corrected chi connectivity index (χ2v) is 7.45. The van der Waals surface area contributed by atoms with E-state index in [1.165, 1.54) is 11.8 Å². The van der Waals surface area contributed by atoms with E-state index in [1.54, 1.807) is 18.4 Å². The predicted octanol–water partition coefficient (Wildman–Crippen LogP) is 4.38. The highest BCUT2D eigenvalue weighted by Crippen LogP contribution is 2.28. The van der Waals surface area contributed by atoms with Crippen molar-refractivity contribution in [2.24, 2.45) is 0 Å². The first-order valence-corrected chi connectivity index (χ1v) is 10.2. The maximum atomic E-state index is 5.35. The number of hydrogen-bond acceptors (Lipinski definition) is 8. The van der Waals surface area contributed by atoms with E-state index >= 15 is 0 Å². The Balaban J connectivity index is 1.50. The molecule has 0 saturated heterocycles. The largest absolute Gasteiger partial charge is 0.497 e. The van der Waals surface area contributed by atoms with Gasteiger partial charge in [-0.15, -0.1) is 21.5 Å². The van der Waals surface area contributed by atoms with E-state index in [2.05, 4.69) is 31.8 Å². The zero-order valence-electron chi connectivity index (χ0n) is 14.8. The molecule has 1 aromatic carbocycles. The lowest BCUT2D eigenvalue weighted by atomic mass is 10.2. The van der Waals surface area contributed by atoms with Gasteiger partial charge in [-0.2, -0.15) is 4.98 Å². The van der Waals surface area contributed by atoms with Crippen molar-refractivity contribution in [1.82, 2.24) is 24.9 Å². The average Bonchev–Trinajstić information content (AvgIpc) is 3.46. The third kappa shape index (κ3) is 3.74. The summed E-state index contributed by atoms with van der Waals surface area (Å²) in [4.78, 5) is 5.44. The van der Waals surface area contributed by atoms with Crippen LogP contribution in [0, 0.1) is 0 Å². The summed E-state index contributed by atoms with van der Waals surface area (Å²) >= 11 is 3.12. The average molecular weight is 400 g/mol. The third-order valence-corrected chi connectivity index (χ3v) is 5.73. The number of aromatic nitrogens is 5. The van der Waals surface area contributed by atoms with Gasteiger partial charge in [-0.1, -0.05) is 23.0 Å². The summed E-state index contributed by atoms with van der Waals surface area (Å²) in [5.74, 6) is 3.37. The molecule has 0 amide bonds. The summed E-state index contributed by atoms with van der Waals surface area (Å²) in [5, 5.41) is 15.5. The Morgan fingerprint density at radius 2 is 2.04 bits per heavy atom. The zero-order chi connectivity index (χ0) is 18.6. The summed E-state index contributed by atoms with van der Waals surface area (Å²) in [6.45, 7) is 2.84. The normalized spacial score (nSPS) is 11.0. The summed E-state index contributed by atoms with van der Waals surface area (Å²) in [6, 6.07) is 11.7. The molecule has 4 aromatic rings. The van der Waals surface area contributed by atoms with E-state index in [0.717, 1.165) is 33.7 Å². The van der Waals surface area contributed by atoms with E-state index in [1.807, 2.05) is 41.8 Å². The lowest BCUT2D eigenvalue weighted by Crippen LogP contribution is -2.00. The monoisotopic (exact) mass is 399 g/mol. The van der Waals surface area contributed by atoms with Gasteiger partial charge in [0.05, 0.1) is 17.7 Å². The molecule has 27 heavy (non-hydrogen) atoms. The van der Waals surface area contributed by atoms with Crippen molar-refractivity contribution < 1.29 is 9.26 Å². The quantitative estimate of drug-likeness (QED) is 0.427. The Bertz CT molecular complexity index is 1010. The van der Waals surface area contributed by atoms with E-state index < -0.39 is 0 Å². The molecule has 0 fully saturated rings. The minimum atomic E-state index is 0.541. The number of ether oxygens (including phenoxy) is 1. The molecule has 0 saturated carbocycles. The molecule has 0 N–H and O–H groups in total. The van der Waals surface area contributed by atoms with E-state index in [4.69, 9.17) is 9.26 Å². The Morgan fingerprint density at radius 3 is 2.74 bits per heavy atom. The molecular weight excluding hydrogens is 382 g/mol. The molecule has 0 aliphatic rings. The van der Waals surface area contributed by atoms with Crippen LogP contribution in [0.1, 0.15) is 12.8 Å². The standard InChI is InChI=1S/C18H17N5O2S2/c1-3-23-17(12-6-8-13(24-2)9-7-12)20-21-18(23)27-11-15-19-16(22-25-15)14-5-4-10-26-14/h4-10H,3,11H2,1-2H3. The lowest BCUT2D eigenvalue weighted by molar-refractivity contribution is 0.391. The number of hydrogen-bond donors (Lipinski definition) is 0. The zero-order valence-corrected chi connectivity index (χ0v) is 16.5. The maximum absolute atomic E-state index is 5.35. The highest BCUT2D eigenvalue weighted by atomic mass is 32.2. The Kier molecular flexibility index (Phi) is 5.21. The summed E-state index contributed by atoms with van der Waals surface area (Å²) in [7, 11) is 1.65. The van der Waals surface area contributed by atoms with Gasteiger partial charge in [0, 0.05) is 12.1 Å². The van der Waals surface area contributed by atoms with Gasteiger partial charge in [0.25, 0.3) is 0 Å². The van der Waals surface area contributed by atoms with Gasteiger partial charge in [-0.05, 0) is 42.6 Å². The first-order valence-electron chi connectivity index (χ1n) is 8.35. The molecule has 0 radical (unpaired) electrons. The fraction of sp³-hybridized carbons (Fsp3) is 0.222. The van der Waals surface area contributed by atoms with Gasteiger partial charge in [0.15, 0.2) is 11.0 Å². The highest BCUT2D eigenvalue weighted by Gasteiger charge is 2.15. The van der Waals surface area contributed by atoms with Crippen molar-refractivity contribution in [2.75, 3.05) is 7.11 Å². The summed E-state index contributed by atoms with van der Waals surface area (Å²) in [5.41, 5.74) is 0.995. The van der Waals surface area contributed by atoms with Gasteiger partial charge in [0.2, 0.25) is 11.7 Å². The van der Waals surface area contributed by atoms with E-state index in [0.29, 0.717) is 17.5 Å². The van der Waals surface area contributed by atoms with Crippen LogP contribution in [0.15, 0.2) is 51.5 Å². The van der Waals surface area contributed by atoms with Gasteiger partial charge in [0.1, 0.15) is 5.75 Å². The van der Waals surface area contributed by atoms with Crippen molar-refractivity contribution >= 4 is 23.1 Å². The molecule has 9 heteroatoms. The molecular formula is C18H17N5O2S2. The topological polar surface area (TPSA) is 78.9 Å². The van der Waals surface area contributed by atoms with Gasteiger partial charge < -0.3 is 13.8 Å². The van der Waals surface area contributed by atoms with Crippen molar-refractivity contribution in [1.29, 1.82) is 0 Å². The van der Waals surface area contributed by atoms with Crippen LogP contribution in [0.4, 0.5) is 0 Å². The highest BCUT2D eigenvalue weighted by molar-refractivity contribution is 7.98. The van der Waals surface area contributed by atoms with E-state index in [-0.39, 0.29) is 0 Å². The SMILES string of the molecule is CCn1c(SCc2nc(-c3cccs3)no2)nnc1-c1ccc(OC)cc1. The van der Waals surface area contributed by atoms with Crippen LogP contribution in [0.2, 0.25) is 0 Å². The fourth-order valence-electron chi connectivity index (χ4n) is 2.58. The first kappa shape index (κ1) is 17.7. The van der Waals surface area contributed by atoms with Crippen molar-refractivity contribution in [3.8, 4) is 27.8 Å². The number of thioether (sulfide) groups is 1. The summed E-state index contributed by atoms with van der Waals surface area (Å²) in [6.07, 6.45) is 0. The van der Waals surface area contributed by atoms with Crippen molar-refractivity contribution in [3.63, 3.8) is 0 Å². The van der Waals surface area contributed by atoms with Crippen LogP contribution < -0.4 is 4.74 Å². The molecule has 7 nitrogen and oxygen atoms in total. The van der Waals surface area contributed by atoms with Crippen molar-refractivity contribution in [3.05, 3.63) is 47.7 Å². The Labute approximate surface area is 164 Å². The summed E-state index contributed by atoms with van der Waals surface area (Å²) < 4.78 is 12.6. The number of nitrogens with zero attached hydrogens (tertiary/aromatic N) is 5. The van der Waals surface area contributed by atoms with E-state index in [9.17, 15) is 0 Å². The minimum absolute atomic E-state index is 0.541. The second-order valence-electron chi connectivity index (χ2n) is 5.56. The molecule has 3 heterocycles. The van der Waals surface area contributed by atoms with Crippen molar-refractivity contribution in [2.45, 2.75) is 24.4 Å². The molecule has 0 atom stereocenters. The Hall–Kier alpha value is -2.65. The van der Waals surface area contributed by atoms with Crippen LogP contribution in [0.5, 0.6) is 5.75 Å². The smallest absolute Gasteiger partial charge is 0.237 e. The predicted molar refractivity (Wildman–Crippen MR) is 105 cm³/mol. The van der Waals surface area contributed by atoms with Crippen LogP contribution in [-0.2, 0) is 12.3 Å². The molecule has 4 rings (SSSR count). The Morgan fingerprint density at radius 1 is 1.19 bits per heavy atom. The first-order chi connectivity index (χ1) is 13.3. The number of methoxy groups -OCH3 is 1. The molecule has 0 bridgehead atoms. The van der Waals surface area contributed by atoms with Crippen LogP contribution in [0.3, 0.4) is 0 Å². The molecule has 0 unspecified atom stereocenters. The van der Waals surface area contributed by atoms with Gasteiger partial charge in [-0.25, -0.2) is 0 Å². The third-order valence-electron chi connectivity index (χ3n) is 3.92.